The molecule has 0 bridgehead atoms. The normalized spacial score (nSPS) is 12.5. The molecule has 51 heavy (non-hydrogen) atoms. The minimum Gasteiger partial charge on any atom is -0.493 e. The zero-order chi connectivity index (χ0) is 36.2. The number of ether oxygens (including phenoxy) is 2. The van der Waals surface area contributed by atoms with Crippen molar-refractivity contribution in [3.05, 3.63) is 107 Å². The molecule has 0 N–H and O–H groups in total. The zero-order valence-corrected chi connectivity index (χ0v) is 31.9. The van der Waals surface area contributed by atoms with Gasteiger partial charge in [-0.25, -0.2) is 18.4 Å². The lowest BCUT2D eigenvalue weighted by Crippen LogP contribution is -2.11. The Morgan fingerprint density at radius 1 is 0.667 bits per heavy atom. The molecule has 1 heterocycles. The van der Waals surface area contributed by atoms with Crippen LogP contribution in [0.5, 0.6) is 11.5 Å². The van der Waals surface area contributed by atoms with Crippen molar-refractivity contribution in [2.24, 2.45) is 11.8 Å². The van der Waals surface area contributed by atoms with Crippen molar-refractivity contribution in [1.82, 2.24) is 14.8 Å². The summed E-state index contributed by atoms with van der Waals surface area (Å²) in [6, 6.07) is 26.4. The number of rotatable bonds is 19. The zero-order valence-electron chi connectivity index (χ0n) is 30.3. The molecule has 2 unspecified atom stereocenters. The summed E-state index contributed by atoms with van der Waals surface area (Å²) in [4.78, 5) is 4.43. The molecule has 1 aromatic heterocycles. The molecule has 5 aromatic rings. The number of benzene rings is 4. The lowest BCUT2D eigenvalue weighted by Gasteiger charge is -2.16. The van der Waals surface area contributed by atoms with E-state index in [9.17, 15) is 8.78 Å². The molecule has 0 spiro atoms. The van der Waals surface area contributed by atoms with Crippen LogP contribution in [0.4, 0.5) is 8.78 Å². The molecule has 0 fully saturated rings. The maximum Gasteiger partial charge on any atom is 0.217 e. The van der Waals surface area contributed by atoms with Crippen LogP contribution in [0.25, 0.3) is 33.6 Å². The monoisotopic (exact) mass is 757 g/mol. The van der Waals surface area contributed by atoms with Gasteiger partial charge in [-0.2, -0.15) is 0 Å². The fraction of sp³-hybridized carbons (Fsp3) is 0.395. The smallest absolute Gasteiger partial charge is 0.217 e. The van der Waals surface area contributed by atoms with Gasteiger partial charge in [-0.3, -0.25) is 0 Å². The first-order valence-electron chi connectivity index (χ1n) is 18.5. The maximum atomic E-state index is 14.9. The van der Waals surface area contributed by atoms with Gasteiger partial charge in [0, 0.05) is 6.07 Å². The van der Waals surface area contributed by atoms with Gasteiger partial charge in [0.25, 0.3) is 0 Å². The van der Waals surface area contributed by atoms with Gasteiger partial charge in [0.2, 0.25) is 4.73 Å². The number of aromatic nitrogens is 3. The Kier molecular flexibility index (Phi) is 14.2. The molecule has 0 amide bonds. The van der Waals surface area contributed by atoms with Crippen LogP contribution in [-0.4, -0.2) is 28.0 Å². The molecule has 0 radical (unpaired) electrons. The van der Waals surface area contributed by atoms with E-state index in [1.54, 1.807) is 4.68 Å². The number of unbranched alkanes of at least 4 members (excludes halogenated alkanes) is 2. The first-order valence-corrected chi connectivity index (χ1v) is 19.3. The molecule has 0 aliphatic rings. The average Bonchev–Trinajstić information content (AvgIpc) is 3.50. The van der Waals surface area contributed by atoms with Gasteiger partial charge in [-0.15, -0.1) is 5.10 Å². The van der Waals surface area contributed by atoms with E-state index in [0.29, 0.717) is 28.9 Å². The fourth-order valence-corrected chi connectivity index (χ4v) is 6.66. The molecule has 0 saturated heterocycles. The van der Waals surface area contributed by atoms with Crippen LogP contribution in [0.3, 0.4) is 0 Å². The van der Waals surface area contributed by atoms with Crippen LogP contribution < -0.4 is 9.47 Å². The standard InChI is InChI=1S/C43H50BrF2N3O2/c1-5-9-11-30(7-3)28-50-38-18-13-33(14-19-38)35-23-32(27-49-42(47-43(44)48-49)40-22-17-37(45)26-41(40)46)24-36(25-35)34-15-20-39(21-16-34)51-29-31(8-4)12-10-6-2/h13-26,30-31H,5-12,27-29H2,1-4H3. The van der Waals surface area contributed by atoms with E-state index in [-0.39, 0.29) is 5.56 Å². The molecular formula is C43H50BrF2N3O2. The molecular weight excluding hydrogens is 708 g/mol. The van der Waals surface area contributed by atoms with E-state index in [2.05, 4.69) is 96.2 Å². The van der Waals surface area contributed by atoms with Gasteiger partial charge in [0.1, 0.15) is 23.1 Å². The molecule has 5 rings (SSSR count). The third-order valence-electron chi connectivity index (χ3n) is 9.58. The van der Waals surface area contributed by atoms with Gasteiger partial charge in [0.05, 0.1) is 25.3 Å². The summed E-state index contributed by atoms with van der Waals surface area (Å²) in [5, 5.41) is 4.52. The molecule has 8 heteroatoms. The van der Waals surface area contributed by atoms with Crippen molar-refractivity contribution in [1.29, 1.82) is 0 Å². The van der Waals surface area contributed by atoms with Crippen LogP contribution in [0.1, 0.15) is 84.6 Å². The van der Waals surface area contributed by atoms with Crippen molar-refractivity contribution in [3.63, 3.8) is 0 Å². The highest BCUT2D eigenvalue weighted by Crippen LogP contribution is 2.32. The van der Waals surface area contributed by atoms with Crippen LogP contribution in [0.15, 0.2) is 89.7 Å². The van der Waals surface area contributed by atoms with Gasteiger partial charge in [-0.1, -0.05) is 90.5 Å². The fourth-order valence-electron chi connectivity index (χ4n) is 6.30. The molecule has 0 saturated carbocycles. The van der Waals surface area contributed by atoms with Gasteiger partial charge < -0.3 is 9.47 Å². The van der Waals surface area contributed by atoms with Crippen molar-refractivity contribution in [2.75, 3.05) is 13.2 Å². The predicted octanol–water partition coefficient (Wildman–Crippen LogP) is 12.6. The third kappa shape index (κ3) is 10.7. The van der Waals surface area contributed by atoms with E-state index in [4.69, 9.17) is 9.47 Å². The van der Waals surface area contributed by atoms with Crippen molar-refractivity contribution in [2.45, 2.75) is 85.6 Å². The van der Waals surface area contributed by atoms with Crippen molar-refractivity contribution >= 4 is 15.9 Å². The maximum absolute atomic E-state index is 14.9. The van der Waals surface area contributed by atoms with Crippen LogP contribution in [0, 0.1) is 23.5 Å². The summed E-state index contributed by atoms with van der Waals surface area (Å²) in [5.74, 6) is 1.80. The second-order valence-corrected chi connectivity index (χ2v) is 14.1. The Morgan fingerprint density at radius 3 is 1.67 bits per heavy atom. The minimum atomic E-state index is -0.693. The third-order valence-corrected chi connectivity index (χ3v) is 9.91. The molecule has 0 aliphatic carbocycles. The lowest BCUT2D eigenvalue weighted by atomic mass is 9.96. The second kappa shape index (κ2) is 19.0. The summed E-state index contributed by atoms with van der Waals surface area (Å²) in [7, 11) is 0. The highest BCUT2D eigenvalue weighted by atomic mass is 79.9. The number of hydrogen-bond donors (Lipinski definition) is 0. The highest BCUT2D eigenvalue weighted by Gasteiger charge is 2.17. The second-order valence-electron chi connectivity index (χ2n) is 13.4. The summed E-state index contributed by atoms with van der Waals surface area (Å²) >= 11 is 3.36. The summed E-state index contributed by atoms with van der Waals surface area (Å²) in [5.41, 5.74) is 5.28. The van der Waals surface area contributed by atoms with E-state index < -0.39 is 11.6 Å². The Hall–Kier alpha value is -4.04. The predicted molar refractivity (Wildman–Crippen MR) is 207 cm³/mol. The largest absolute Gasteiger partial charge is 0.493 e. The van der Waals surface area contributed by atoms with Gasteiger partial charge in [0.15, 0.2) is 5.82 Å². The summed E-state index contributed by atoms with van der Waals surface area (Å²) in [6.07, 6.45) is 9.42. The lowest BCUT2D eigenvalue weighted by molar-refractivity contribution is 0.233. The Labute approximate surface area is 310 Å². The molecule has 270 valence electrons. The Balaban J connectivity index is 1.44. The summed E-state index contributed by atoms with van der Waals surface area (Å²) < 4.78 is 43.0. The van der Waals surface area contributed by atoms with E-state index in [1.807, 2.05) is 24.3 Å². The molecule has 5 nitrogen and oxygen atoms in total. The average molecular weight is 759 g/mol. The van der Waals surface area contributed by atoms with E-state index >= 15 is 0 Å². The summed E-state index contributed by atoms with van der Waals surface area (Å²) in [6.45, 7) is 10.7. The Bertz CT molecular complexity index is 1740. The number of hydrogen-bond acceptors (Lipinski definition) is 4. The van der Waals surface area contributed by atoms with Crippen molar-refractivity contribution < 1.29 is 18.3 Å². The highest BCUT2D eigenvalue weighted by molar-refractivity contribution is 9.10. The van der Waals surface area contributed by atoms with E-state index in [0.717, 1.165) is 71.4 Å². The Morgan fingerprint density at radius 2 is 1.20 bits per heavy atom. The van der Waals surface area contributed by atoms with Crippen LogP contribution in [-0.2, 0) is 6.54 Å². The SMILES string of the molecule is CCCCC(CC)COc1ccc(-c2cc(Cn3nc(Br)nc3-c3ccc(F)cc3F)cc(-c3ccc(OCC(CC)CCCC)cc3)c2)cc1. The minimum absolute atomic E-state index is 0.178. The number of halogens is 3. The quantitative estimate of drug-likeness (QED) is 0.0841. The number of nitrogens with zero attached hydrogens (tertiary/aromatic N) is 3. The van der Waals surface area contributed by atoms with Crippen LogP contribution in [0.2, 0.25) is 0 Å². The van der Waals surface area contributed by atoms with E-state index in [1.165, 1.54) is 50.7 Å². The molecule has 4 aromatic carbocycles. The first kappa shape index (κ1) is 38.2. The van der Waals surface area contributed by atoms with Gasteiger partial charge in [-0.05, 0) is 123 Å². The first-order chi connectivity index (χ1) is 24.8. The molecule has 2 atom stereocenters. The van der Waals surface area contributed by atoms with Crippen molar-refractivity contribution in [3.8, 4) is 45.1 Å². The topological polar surface area (TPSA) is 49.2 Å². The molecule has 0 aliphatic heterocycles. The van der Waals surface area contributed by atoms with Crippen LogP contribution >= 0.6 is 15.9 Å². The van der Waals surface area contributed by atoms with Gasteiger partial charge >= 0.3 is 0 Å².